The number of pyridine rings is 1. The lowest BCUT2D eigenvalue weighted by Crippen LogP contribution is -2.27. The molecule has 0 aliphatic rings. The number of hydrogen-bond donors (Lipinski definition) is 1. The number of hydrogen-bond acceptors (Lipinski definition) is 5. The Labute approximate surface area is 154 Å². The standard InChI is InChI=1S/C19H24N2O4S/c1-15-7-8-18(13-16(15)2)26(23,24)21-11-9-19(22)25-12-4-6-17-5-3-10-20-14-17/h3,5,7-8,10,13-14,21H,4,6,9,11-12H2,1-2H3. The molecular weight excluding hydrogens is 352 g/mol. The molecule has 0 saturated carbocycles. The highest BCUT2D eigenvalue weighted by Crippen LogP contribution is 2.14. The summed E-state index contributed by atoms with van der Waals surface area (Å²) in [5.74, 6) is -0.418. The Bertz CT molecular complexity index is 836. The molecule has 0 aliphatic carbocycles. The lowest BCUT2D eigenvalue weighted by molar-refractivity contribution is -0.143. The van der Waals surface area contributed by atoms with Gasteiger partial charge in [-0.15, -0.1) is 0 Å². The van der Waals surface area contributed by atoms with Gasteiger partial charge in [-0.05, 0) is 61.6 Å². The molecule has 0 aliphatic heterocycles. The monoisotopic (exact) mass is 376 g/mol. The molecule has 1 aromatic heterocycles. The maximum atomic E-state index is 12.2. The molecule has 140 valence electrons. The second-order valence-corrected chi connectivity index (χ2v) is 7.85. The summed E-state index contributed by atoms with van der Waals surface area (Å²) in [5, 5.41) is 0. The van der Waals surface area contributed by atoms with Crippen molar-refractivity contribution in [2.24, 2.45) is 0 Å². The second kappa shape index (κ2) is 9.45. The fourth-order valence-electron chi connectivity index (χ4n) is 2.33. The molecule has 7 heteroatoms. The highest BCUT2D eigenvalue weighted by atomic mass is 32.2. The zero-order chi connectivity index (χ0) is 19.0. The zero-order valence-corrected chi connectivity index (χ0v) is 15.9. The average Bonchev–Trinajstić information content (AvgIpc) is 2.62. The van der Waals surface area contributed by atoms with E-state index in [1.807, 2.05) is 26.0 Å². The minimum atomic E-state index is -3.62. The van der Waals surface area contributed by atoms with Crippen LogP contribution in [-0.4, -0.2) is 32.5 Å². The van der Waals surface area contributed by atoms with Crippen molar-refractivity contribution in [3.05, 3.63) is 59.4 Å². The fraction of sp³-hybridized carbons (Fsp3) is 0.368. The topological polar surface area (TPSA) is 85.4 Å². The van der Waals surface area contributed by atoms with Crippen molar-refractivity contribution in [2.45, 2.75) is 38.0 Å². The summed E-state index contributed by atoms with van der Waals surface area (Å²) in [7, 11) is -3.62. The smallest absolute Gasteiger partial charge is 0.307 e. The van der Waals surface area contributed by atoms with E-state index >= 15 is 0 Å². The van der Waals surface area contributed by atoms with Crippen LogP contribution in [0, 0.1) is 13.8 Å². The molecule has 2 aromatic rings. The molecule has 0 spiro atoms. The number of aromatic nitrogens is 1. The number of nitrogens with zero attached hydrogens (tertiary/aromatic N) is 1. The van der Waals surface area contributed by atoms with E-state index < -0.39 is 16.0 Å². The van der Waals surface area contributed by atoms with Crippen molar-refractivity contribution in [3.63, 3.8) is 0 Å². The molecule has 1 aromatic carbocycles. The van der Waals surface area contributed by atoms with Crippen molar-refractivity contribution >= 4 is 16.0 Å². The van der Waals surface area contributed by atoms with Gasteiger partial charge < -0.3 is 4.74 Å². The molecule has 6 nitrogen and oxygen atoms in total. The number of sulfonamides is 1. The summed E-state index contributed by atoms with van der Waals surface area (Å²) in [4.78, 5) is 15.9. The van der Waals surface area contributed by atoms with Crippen molar-refractivity contribution < 1.29 is 17.9 Å². The highest BCUT2D eigenvalue weighted by Gasteiger charge is 2.15. The molecule has 0 amide bonds. The minimum absolute atomic E-state index is 0.00301. The molecule has 26 heavy (non-hydrogen) atoms. The number of carbonyl (C=O) groups is 1. The quantitative estimate of drug-likeness (QED) is 0.537. The Morgan fingerprint density at radius 2 is 2.00 bits per heavy atom. The molecule has 0 bridgehead atoms. The van der Waals surface area contributed by atoms with E-state index in [9.17, 15) is 13.2 Å². The Morgan fingerprint density at radius 3 is 2.69 bits per heavy atom. The lowest BCUT2D eigenvalue weighted by Gasteiger charge is -2.09. The van der Waals surface area contributed by atoms with Crippen molar-refractivity contribution in [3.8, 4) is 0 Å². The maximum Gasteiger partial charge on any atom is 0.307 e. The maximum absolute atomic E-state index is 12.2. The first kappa shape index (κ1) is 20.1. The van der Waals surface area contributed by atoms with Crippen molar-refractivity contribution in [1.82, 2.24) is 9.71 Å². The van der Waals surface area contributed by atoms with E-state index in [1.165, 1.54) is 0 Å². The van der Waals surface area contributed by atoms with Gasteiger partial charge in [-0.1, -0.05) is 12.1 Å². The largest absolute Gasteiger partial charge is 0.466 e. The molecule has 0 saturated heterocycles. The van der Waals surface area contributed by atoms with E-state index in [2.05, 4.69) is 9.71 Å². The molecule has 1 N–H and O–H groups in total. The van der Waals surface area contributed by atoms with E-state index in [0.717, 1.165) is 23.1 Å². The van der Waals surface area contributed by atoms with Gasteiger partial charge in [-0.25, -0.2) is 13.1 Å². The first-order valence-electron chi connectivity index (χ1n) is 8.50. The molecule has 2 rings (SSSR count). The van der Waals surface area contributed by atoms with Crippen LogP contribution >= 0.6 is 0 Å². The molecule has 1 heterocycles. The molecule has 0 radical (unpaired) electrons. The molecule has 0 fully saturated rings. The van der Waals surface area contributed by atoms with Crippen LogP contribution in [0.1, 0.15) is 29.5 Å². The lowest BCUT2D eigenvalue weighted by atomic mass is 10.1. The van der Waals surface area contributed by atoms with Gasteiger partial charge in [0.25, 0.3) is 0 Å². The Morgan fingerprint density at radius 1 is 1.19 bits per heavy atom. The summed E-state index contributed by atoms with van der Waals surface area (Å²) in [6.07, 6.45) is 4.97. The first-order chi connectivity index (χ1) is 12.4. The van der Waals surface area contributed by atoms with Crippen LogP contribution in [0.3, 0.4) is 0 Å². The van der Waals surface area contributed by atoms with Crippen LogP contribution in [0.2, 0.25) is 0 Å². The van der Waals surface area contributed by atoms with E-state index in [0.29, 0.717) is 13.0 Å². The second-order valence-electron chi connectivity index (χ2n) is 6.08. The summed E-state index contributed by atoms with van der Waals surface area (Å²) >= 11 is 0. The number of aryl methyl sites for hydroxylation is 3. The summed E-state index contributed by atoms with van der Waals surface area (Å²) in [6.45, 7) is 4.09. The third kappa shape index (κ3) is 6.24. The fourth-order valence-corrected chi connectivity index (χ4v) is 3.45. The minimum Gasteiger partial charge on any atom is -0.466 e. The van der Waals surface area contributed by atoms with Crippen LogP contribution in [0.5, 0.6) is 0 Å². The van der Waals surface area contributed by atoms with Gasteiger partial charge in [-0.2, -0.15) is 0 Å². The van der Waals surface area contributed by atoms with Crippen LogP contribution in [0.25, 0.3) is 0 Å². The normalized spacial score (nSPS) is 11.3. The molecular formula is C19H24N2O4S. The van der Waals surface area contributed by atoms with E-state index in [4.69, 9.17) is 4.74 Å². The van der Waals surface area contributed by atoms with Crippen molar-refractivity contribution in [1.29, 1.82) is 0 Å². The first-order valence-corrected chi connectivity index (χ1v) is 9.98. The summed E-state index contributed by atoms with van der Waals surface area (Å²) in [5.41, 5.74) is 3.02. The van der Waals surface area contributed by atoms with Crippen LogP contribution in [0.15, 0.2) is 47.6 Å². The number of benzene rings is 1. The summed E-state index contributed by atoms with van der Waals surface area (Å²) in [6, 6.07) is 8.77. The van der Waals surface area contributed by atoms with Gasteiger partial charge in [0.2, 0.25) is 10.0 Å². The Balaban J connectivity index is 1.69. The van der Waals surface area contributed by atoms with Gasteiger partial charge in [-0.3, -0.25) is 9.78 Å². The number of ether oxygens (including phenoxy) is 1. The third-order valence-electron chi connectivity index (χ3n) is 4.01. The Kier molecular flexibility index (Phi) is 7.29. The number of nitrogens with one attached hydrogen (secondary N) is 1. The predicted octanol–water partition coefficient (Wildman–Crippen LogP) is 2.54. The third-order valence-corrected chi connectivity index (χ3v) is 5.46. The van der Waals surface area contributed by atoms with Gasteiger partial charge in [0.15, 0.2) is 0 Å². The predicted molar refractivity (Wildman–Crippen MR) is 99.2 cm³/mol. The van der Waals surface area contributed by atoms with Crippen molar-refractivity contribution in [2.75, 3.05) is 13.2 Å². The SMILES string of the molecule is Cc1ccc(S(=O)(=O)NCCC(=O)OCCCc2cccnc2)cc1C. The van der Waals surface area contributed by atoms with E-state index in [-0.39, 0.29) is 17.9 Å². The Hall–Kier alpha value is -2.25. The van der Waals surface area contributed by atoms with E-state index in [1.54, 1.807) is 30.6 Å². The average molecular weight is 376 g/mol. The molecule has 0 atom stereocenters. The number of carbonyl (C=O) groups excluding carboxylic acids is 1. The van der Waals surface area contributed by atoms with Gasteiger partial charge in [0, 0.05) is 18.9 Å². The molecule has 0 unspecified atom stereocenters. The number of esters is 1. The zero-order valence-electron chi connectivity index (χ0n) is 15.1. The highest BCUT2D eigenvalue weighted by molar-refractivity contribution is 7.89. The number of rotatable bonds is 9. The van der Waals surface area contributed by atoms with Crippen LogP contribution in [0.4, 0.5) is 0 Å². The van der Waals surface area contributed by atoms with Crippen LogP contribution in [-0.2, 0) is 26.0 Å². The summed E-state index contributed by atoms with van der Waals surface area (Å²) < 4.78 is 32.0. The van der Waals surface area contributed by atoms with Gasteiger partial charge in [0.05, 0.1) is 17.9 Å². The van der Waals surface area contributed by atoms with Gasteiger partial charge in [0.1, 0.15) is 0 Å². The van der Waals surface area contributed by atoms with Gasteiger partial charge >= 0.3 is 5.97 Å². The van der Waals surface area contributed by atoms with Crippen LogP contribution < -0.4 is 4.72 Å².